The predicted molar refractivity (Wildman–Crippen MR) is 20.0 cm³/mol. The van der Waals surface area contributed by atoms with Crippen LogP contribution < -0.4 is 10.6 Å². The lowest BCUT2D eigenvalue weighted by atomic mass is 10.7. The second-order valence-corrected chi connectivity index (χ2v) is 0.897. The standard InChI is InChI=1S/C3H7NO3/c1-7-4-2-3(5)6/h4H,2H2,1H3,(H,5,6)/p-1. The topological polar surface area (TPSA) is 61.4 Å². The van der Waals surface area contributed by atoms with Gasteiger partial charge >= 0.3 is 0 Å². The number of aliphatic carboxylic acids is 1. The maximum atomic E-state index is 9.50. The molecule has 0 spiro atoms. The normalized spacial score (nSPS) is 8.71. The molecule has 4 heteroatoms. The van der Waals surface area contributed by atoms with Crippen molar-refractivity contribution in [3.8, 4) is 0 Å². The molecule has 0 aromatic carbocycles. The first-order valence-electron chi connectivity index (χ1n) is 1.73. The summed E-state index contributed by atoms with van der Waals surface area (Å²) in [4.78, 5) is 13.7. The molecule has 0 aromatic heterocycles. The van der Waals surface area contributed by atoms with E-state index in [-0.39, 0.29) is 6.54 Å². The van der Waals surface area contributed by atoms with Gasteiger partial charge in [-0.2, -0.15) is 5.48 Å². The number of rotatable bonds is 3. The summed E-state index contributed by atoms with van der Waals surface area (Å²) >= 11 is 0. The van der Waals surface area contributed by atoms with Crippen molar-refractivity contribution in [1.82, 2.24) is 5.48 Å². The molecular weight excluding hydrogens is 98.0 g/mol. The van der Waals surface area contributed by atoms with E-state index in [9.17, 15) is 9.90 Å². The fourth-order valence-corrected chi connectivity index (χ4v) is 0.131. The number of hydrogen-bond acceptors (Lipinski definition) is 4. The monoisotopic (exact) mass is 104 g/mol. The lowest BCUT2D eigenvalue weighted by Gasteiger charge is -1.99. The Morgan fingerprint density at radius 2 is 2.57 bits per heavy atom. The number of carboxylic acids is 1. The van der Waals surface area contributed by atoms with E-state index in [1.807, 2.05) is 0 Å². The van der Waals surface area contributed by atoms with E-state index in [2.05, 4.69) is 10.3 Å². The number of hydroxylamine groups is 1. The minimum Gasteiger partial charge on any atom is -0.549 e. The number of nitrogens with one attached hydrogen (secondary N) is 1. The second-order valence-electron chi connectivity index (χ2n) is 0.897. The predicted octanol–water partition coefficient (Wildman–Crippen LogP) is -2.11. The van der Waals surface area contributed by atoms with E-state index in [1.54, 1.807) is 0 Å². The highest BCUT2D eigenvalue weighted by Crippen LogP contribution is 1.51. The molecule has 42 valence electrons. The first kappa shape index (κ1) is 6.39. The summed E-state index contributed by atoms with van der Waals surface area (Å²) in [6, 6.07) is 0. The maximum absolute atomic E-state index is 9.50. The molecular formula is C3H6NO3-. The van der Waals surface area contributed by atoms with Gasteiger partial charge in [0, 0.05) is 0 Å². The van der Waals surface area contributed by atoms with Crippen molar-refractivity contribution in [3.05, 3.63) is 0 Å². The van der Waals surface area contributed by atoms with E-state index in [4.69, 9.17) is 0 Å². The van der Waals surface area contributed by atoms with Crippen LogP contribution in [0.3, 0.4) is 0 Å². The highest BCUT2D eigenvalue weighted by molar-refractivity contribution is 5.66. The zero-order valence-electron chi connectivity index (χ0n) is 3.93. The van der Waals surface area contributed by atoms with Gasteiger partial charge < -0.3 is 14.7 Å². The summed E-state index contributed by atoms with van der Waals surface area (Å²) in [5, 5.41) is 9.50. The Hall–Kier alpha value is -0.610. The molecule has 0 fully saturated rings. The van der Waals surface area contributed by atoms with E-state index in [0.717, 1.165) is 0 Å². The maximum Gasteiger partial charge on any atom is 0.0606 e. The number of hydrogen-bond donors (Lipinski definition) is 1. The fourth-order valence-electron chi connectivity index (χ4n) is 0.131. The highest BCUT2D eigenvalue weighted by atomic mass is 16.6. The van der Waals surface area contributed by atoms with Gasteiger partial charge in [-0.3, -0.25) is 0 Å². The average Bonchev–Trinajstić information content (AvgIpc) is 1.61. The smallest absolute Gasteiger partial charge is 0.0606 e. The van der Waals surface area contributed by atoms with Gasteiger partial charge in [0.05, 0.1) is 19.6 Å². The van der Waals surface area contributed by atoms with Gasteiger partial charge in [0.1, 0.15) is 0 Å². The van der Waals surface area contributed by atoms with Crippen molar-refractivity contribution < 1.29 is 14.7 Å². The van der Waals surface area contributed by atoms with Crippen LogP contribution in [-0.2, 0) is 9.63 Å². The Kier molecular flexibility index (Phi) is 3.26. The molecule has 0 rings (SSSR count). The zero-order chi connectivity index (χ0) is 5.70. The van der Waals surface area contributed by atoms with E-state index in [1.165, 1.54) is 7.11 Å². The lowest BCUT2D eigenvalue weighted by Crippen LogP contribution is -2.33. The van der Waals surface area contributed by atoms with Gasteiger partial charge in [-0.15, -0.1) is 0 Å². The summed E-state index contributed by atoms with van der Waals surface area (Å²) in [5.41, 5.74) is 2.09. The SMILES string of the molecule is CONCC(=O)[O-]. The summed E-state index contributed by atoms with van der Waals surface area (Å²) in [7, 11) is 1.34. The number of carboxylic acid groups (broad SMARTS) is 1. The Balaban J connectivity index is 2.82. The number of carbonyl (C=O) groups excluding carboxylic acids is 1. The van der Waals surface area contributed by atoms with Gasteiger partial charge in [0.15, 0.2) is 0 Å². The van der Waals surface area contributed by atoms with Crippen LogP contribution in [-0.4, -0.2) is 19.6 Å². The molecule has 0 atom stereocenters. The Labute approximate surface area is 41.0 Å². The van der Waals surface area contributed by atoms with Crippen LogP contribution in [0.1, 0.15) is 0 Å². The van der Waals surface area contributed by atoms with E-state index in [0.29, 0.717) is 0 Å². The van der Waals surface area contributed by atoms with Gasteiger partial charge in [-0.1, -0.05) is 0 Å². The molecule has 0 aliphatic heterocycles. The van der Waals surface area contributed by atoms with Crippen molar-refractivity contribution in [3.63, 3.8) is 0 Å². The first-order valence-corrected chi connectivity index (χ1v) is 1.73. The fraction of sp³-hybridized carbons (Fsp3) is 0.667. The lowest BCUT2D eigenvalue weighted by molar-refractivity contribution is -0.305. The van der Waals surface area contributed by atoms with Crippen molar-refractivity contribution in [2.45, 2.75) is 0 Å². The zero-order valence-corrected chi connectivity index (χ0v) is 3.93. The average molecular weight is 104 g/mol. The molecule has 0 unspecified atom stereocenters. The van der Waals surface area contributed by atoms with Crippen LogP contribution in [0.5, 0.6) is 0 Å². The largest absolute Gasteiger partial charge is 0.549 e. The molecule has 0 bridgehead atoms. The molecule has 0 amide bonds. The summed E-state index contributed by atoms with van der Waals surface area (Å²) in [6.45, 7) is -0.267. The minimum atomic E-state index is -1.18. The summed E-state index contributed by atoms with van der Waals surface area (Å²) < 4.78 is 0. The van der Waals surface area contributed by atoms with Crippen molar-refractivity contribution in [1.29, 1.82) is 0 Å². The van der Waals surface area contributed by atoms with E-state index >= 15 is 0 Å². The minimum absolute atomic E-state index is 0.267. The molecule has 0 saturated heterocycles. The third kappa shape index (κ3) is 5.39. The molecule has 7 heavy (non-hydrogen) atoms. The van der Waals surface area contributed by atoms with Crippen LogP contribution in [0.15, 0.2) is 0 Å². The van der Waals surface area contributed by atoms with Crippen LogP contribution >= 0.6 is 0 Å². The van der Waals surface area contributed by atoms with E-state index < -0.39 is 5.97 Å². The van der Waals surface area contributed by atoms with Crippen molar-refractivity contribution in [2.24, 2.45) is 0 Å². The molecule has 0 heterocycles. The quantitative estimate of drug-likeness (QED) is 0.416. The van der Waals surface area contributed by atoms with Gasteiger partial charge in [0.25, 0.3) is 0 Å². The van der Waals surface area contributed by atoms with Gasteiger partial charge in [-0.25, -0.2) is 0 Å². The Morgan fingerprint density at radius 3 is 2.71 bits per heavy atom. The second kappa shape index (κ2) is 3.58. The Bertz CT molecular complexity index is 63.2. The molecule has 0 radical (unpaired) electrons. The summed E-state index contributed by atoms with van der Waals surface area (Å²) in [6.07, 6.45) is 0. The molecule has 4 nitrogen and oxygen atoms in total. The molecule has 0 aromatic rings. The van der Waals surface area contributed by atoms with Crippen LogP contribution in [0.2, 0.25) is 0 Å². The molecule has 0 saturated carbocycles. The van der Waals surface area contributed by atoms with Crippen molar-refractivity contribution >= 4 is 5.97 Å². The molecule has 0 aliphatic rings. The first-order chi connectivity index (χ1) is 3.27. The van der Waals surface area contributed by atoms with Gasteiger partial charge in [-0.05, 0) is 0 Å². The highest BCUT2D eigenvalue weighted by Gasteiger charge is 1.77. The molecule has 1 N–H and O–H groups in total. The Morgan fingerprint density at radius 1 is 2.00 bits per heavy atom. The van der Waals surface area contributed by atoms with Crippen molar-refractivity contribution in [2.75, 3.05) is 13.7 Å². The summed E-state index contributed by atoms with van der Waals surface area (Å²) in [5.74, 6) is -1.18. The van der Waals surface area contributed by atoms with Crippen LogP contribution in [0.25, 0.3) is 0 Å². The van der Waals surface area contributed by atoms with Crippen LogP contribution in [0, 0.1) is 0 Å². The van der Waals surface area contributed by atoms with Gasteiger partial charge in [0.2, 0.25) is 0 Å². The molecule has 0 aliphatic carbocycles. The van der Waals surface area contributed by atoms with Crippen LogP contribution in [0.4, 0.5) is 0 Å². The third-order valence-corrected chi connectivity index (χ3v) is 0.361. The third-order valence-electron chi connectivity index (χ3n) is 0.361. The number of carbonyl (C=O) groups is 1.